The Morgan fingerprint density at radius 1 is 0.875 bits per heavy atom. The third-order valence-electron chi connectivity index (χ3n) is 5.58. The summed E-state index contributed by atoms with van der Waals surface area (Å²) >= 11 is 0. The highest BCUT2D eigenvalue weighted by molar-refractivity contribution is 5.71. The first-order valence-electron chi connectivity index (χ1n) is 9.58. The predicted molar refractivity (Wildman–Crippen MR) is 102 cm³/mol. The van der Waals surface area contributed by atoms with Gasteiger partial charge >= 0.3 is 0 Å². The molecule has 2 heterocycles. The van der Waals surface area contributed by atoms with Gasteiger partial charge < -0.3 is 10.2 Å². The van der Waals surface area contributed by atoms with Gasteiger partial charge in [0.15, 0.2) is 0 Å². The van der Waals surface area contributed by atoms with E-state index in [9.17, 15) is 0 Å². The van der Waals surface area contributed by atoms with Crippen LogP contribution in [0.15, 0.2) is 48.5 Å². The molecule has 1 saturated heterocycles. The predicted octanol–water partition coefficient (Wildman–Crippen LogP) is 4.85. The van der Waals surface area contributed by atoms with Gasteiger partial charge in [0.25, 0.3) is 0 Å². The largest absolute Gasteiger partial charge is 0.341 e. The summed E-state index contributed by atoms with van der Waals surface area (Å²) in [5.41, 5.74) is 5.81. The van der Waals surface area contributed by atoms with Crippen molar-refractivity contribution >= 4 is 11.4 Å². The summed E-state index contributed by atoms with van der Waals surface area (Å²) in [6.45, 7) is 2.33. The summed E-state index contributed by atoms with van der Waals surface area (Å²) < 4.78 is 0. The zero-order chi connectivity index (χ0) is 16.2. The highest BCUT2D eigenvalue weighted by atomic mass is 15.1. The molecule has 1 unspecified atom stereocenters. The number of nitrogens with one attached hydrogen (secondary N) is 1. The van der Waals surface area contributed by atoms with Gasteiger partial charge in [-0.25, -0.2) is 0 Å². The summed E-state index contributed by atoms with van der Waals surface area (Å²) in [7, 11) is 0. The van der Waals surface area contributed by atoms with Crippen LogP contribution in [0.5, 0.6) is 0 Å². The molecule has 2 heteroatoms. The summed E-state index contributed by atoms with van der Waals surface area (Å²) in [4.78, 5) is 2.57. The van der Waals surface area contributed by atoms with Gasteiger partial charge in [0.1, 0.15) is 0 Å². The Bertz CT molecular complexity index is 626. The molecule has 1 atom stereocenters. The Balaban J connectivity index is 1.54. The molecule has 2 aromatic rings. The van der Waals surface area contributed by atoms with Gasteiger partial charge in [-0.05, 0) is 68.3 Å². The molecule has 0 aliphatic carbocycles. The van der Waals surface area contributed by atoms with E-state index in [-0.39, 0.29) is 0 Å². The fourth-order valence-corrected chi connectivity index (χ4v) is 4.28. The van der Waals surface area contributed by atoms with Crippen molar-refractivity contribution in [1.82, 2.24) is 5.32 Å². The minimum Gasteiger partial charge on any atom is -0.341 e. The summed E-state index contributed by atoms with van der Waals surface area (Å²) in [6.07, 6.45) is 8.94. The second kappa shape index (κ2) is 7.40. The van der Waals surface area contributed by atoms with E-state index < -0.39 is 0 Å². The lowest BCUT2D eigenvalue weighted by molar-refractivity contribution is 0.377. The van der Waals surface area contributed by atoms with E-state index in [2.05, 4.69) is 58.7 Å². The molecule has 126 valence electrons. The molecule has 2 nitrogen and oxygen atoms in total. The third-order valence-corrected chi connectivity index (χ3v) is 5.58. The number of aryl methyl sites for hydroxylation is 2. The zero-order valence-electron chi connectivity index (χ0n) is 14.5. The smallest absolute Gasteiger partial charge is 0.0443 e. The van der Waals surface area contributed by atoms with Crippen LogP contribution >= 0.6 is 0 Å². The van der Waals surface area contributed by atoms with Crippen LogP contribution < -0.4 is 10.2 Å². The highest BCUT2D eigenvalue weighted by Gasteiger charge is 2.20. The van der Waals surface area contributed by atoms with Gasteiger partial charge in [-0.15, -0.1) is 0 Å². The first-order chi connectivity index (χ1) is 11.9. The van der Waals surface area contributed by atoms with Crippen molar-refractivity contribution in [1.29, 1.82) is 0 Å². The van der Waals surface area contributed by atoms with Gasteiger partial charge in [0, 0.05) is 24.0 Å². The third kappa shape index (κ3) is 3.34. The molecule has 0 amide bonds. The van der Waals surface area contributed by atoms with Crippen LogP contribution in [0.4, 0.5) is 11.4 Å². The lowest BCUT2D eigenvalue weighted by atomic mass is 10.0. The Morgan fingerprint density at radius 2 is 1.54 bits per heavy atom. The first kappa shape index (κ1) is 15.7. The van der Waals surface area contributed by atoms with Crippen molar-refractivity contribution in [2.45, 2.75) is 51.0 Å². The van der Waals surface area contributed by atoms with Crippen LogP contribution in [-0.2, 0) is 12.8 Å². The van der Waals surface area contributed by atoms with Crippen molar-refractivity contribution < 1.29 is 0 Å². The van der Waals surface area contributed by atoms with Gasteiger partial charge in [-0.2, -0.15) is 0 Å². The average Bonchev–Trinajstić information content (AvgIpc) is 2.80. The van der Waals surface area contributed by atoms with Crippen molar-refractivity contribution in [3.63, 3.8) is 0 Å². The summed E-state index contributed by atoms with van der Waals surface area (Å²) in [5.74, 6) is 0. The normalized spacial score (nSPS) is 20.2. The molecule has 0 spiro atoms. The van der Waals surface area contributed by atoms with E-state index in [0.29, 0.717) is 0 Å². The quantitative estimate of drug-likeness (QED) is 0.866. The van der Waals surface area contributed by atoms with Gasteiger partial charge in [0.05, 0.1) is 0 Å². The Morgan fingerprint density at radius 3 is 2.17 bits per heavy atom. The molecule has 0 saturated carbocycles. The maximum atomic E-state index is 3.69. The van der Waals surface area contributed by atoms with Gasteiger partial charge in [-0.3, -0.25) is 0 Å². The molecule has 2 aromatic carbocycles. The first-order valence-corrected chi connectivity index (χ1v) is 9.58. The fourth-order valence-electron chi connectivity index (χ4n) is 4.28. The maximum absolute atomic E-state index is 3.69. The molecule has 4 rings (SSSR count). The molecule has 24 heavy (non-hydrogen) atoms. The summed E-state index contributed by atoms with van der Waals surface area (Å²) in [6, 6.07) is 18.7. The van der Waals surface area contributed by atoms with Crippen LogP contribution in [0.3, 0.4) is 0 Å². The van der Waals surface area contributed by atoms with Gasteiger partial charge in [-0.1, -0.05) is 42.8 Å². The fraction of sp³-hybridized carbons (Fsp3) is 0.455. The SMILES string of the molecule is c1ccc2c(c1)CCc1ccccc1N2CCCC1CCCCN1. The summed E-state index contributed by atoms with van der Waals surface area (Å²) in [5, 5.41) is 3.69. The molecule has 0 aromatic heterocycles. The molecule has 2 aliphatic heterocycles. The Kier molecular flexibility index (Phi) is 4.84. The minimum atomic E-state index is 0.733. The van der Waals surface area contributed by atoms with Gasteiger partial charge in [0.2, 0.25) is 0 Å². The number of hydrogen-bond donors (Lipinski definition) is 1. The van der Waals surface area contributed by atoms with E-state index in [1.165, 1.54) is 61.2 Å². The monoisotopic (exact) mass is 320 g/mol. The lowest BCUT2D eigenvalue weighted by Gasteiger charge is -2.29. The van der Waals surface area contributed by atoms with Crippen LogP contribution in [0.1, 0.15) is 43.2 Å². The van der Waals surface area contributed by atoms with E-state index >= 15 is 0 Å². The van der Waals surface area contributed by atoms with E-state index in [1.807, 2.05) is 0 Å². The Hall–Kier alpha value is -1.80. The van der Waals surface area contributed by atoms with Crippen LogP contribution in [0.2, 0.25) is 0 Å². The van der Waals surface area contributed by atoms with Crippen LogP contribution in [0, 0.1) is 0 Å². The standard InChI is InChI=1S/C22H28N2/c1-3-12-21-18(8-1)14-15-19-9-2-4-13-22(19)24(21)17-7-11-20-10-5-6-16-23-20/h1-4,8-9,12-13,20,23H,5-7,10-11,14-17H2. The number of anilines is 2. The average molecular weight is 320 g/mol. The molecular formula is C22H28N2. The van der Waals surface area contributed by atoms with Crippen molar-refractivity contribution in [2.24, 2.45) is 0 Å². The van der Waals surface area contributed by atoms with Crippen molar-refractivity contribution in [3.8, 4) is 0 Å². The number of piperidine rings is 1. The number of benzene rings is 2. The van der Waals surface area contributed by atoms with E-state index in [1.54, 1.807) is 0 Å². The zero-order valence-corrected chi connectivity index (χ0v) is 14.5. The molecule has 1 fully saturated rings. The molecular weight excluding hydrogens is 292 g/mol. The van der Waals surface area contributed by atoms with Crippen molar-refractivity contribution in [3.05, 3.63) is 59.7 Å². The van der Waals surface area contributed by atoms with Crippen molar-refractivity contribution in [2.75, 3.05) is 18.0 Å². The number of hydrogen-bond acceptors (Lipinski definition) is 2. The molecule has 0 radical (unpaired) electrons. The molecule has 0 bridgehead atoms. The lowest BCUT2D eigenvalue weighted by Crippen LogP contribution is -2.34. The number of para-hydroxylation sites is 2. The minimum absolute atomic E-state index is 0.733. The van der Waals surface area contributed by atoms with Crippen LogP contribution in [0.25, 0.3) is 0 Å². The number of rotatable bonds is 4. The number of nitrogens with zero attached hydrogens (tertiary/aromatic N) is 1. The highest BCUT2D eigenvalue weighted by Crippen LogP contribution is 2.36. The van der Waals surface area contributed by atoms with E-state index in [0.717, 1.165) is 25.4 Å². The second-order valence-electron chi connectivity index (χ2n) is 7.20. The maximum Gasteiger partial charge on any atom is 0.0443 e. The van der Waals surface area contributed by atoms with Crippen LogP contribution in [-0.4, -0.2) is 19.1 Å². The second-order valence-corrected chi connectivity index (χ2v) is 7.20. The molecule has 1 N–H and O–H groups in total. The number of fused-ring (bicyclic) bond motifs is 2. The topological polar surface area (TPSA) is 15.3 Å². The van der Waals surface area contributed by atoms with E-state index in [4.69, 9.17) is 0 Å². The Labute approximate surface area is 145 Å². The molecule has 2 aliphatic rings.